The lowest BCUT2D eigenvalue weighted by Crippen LogP contribution is -2.60. The van der Waals surface area contributed by atoms with Crippen LogP contribution in [0.15, 0.2) is 0 Å². The van der Waals surface area contributed by atoms with E-state index in [2.05, 4.69) is 32.6 Å². The minimum atomic E-state index is 0.384. The first-order valence-electron chi connectivity index (χ1n) is 6.92. The van der Waals surface area contributed by atoms with Gasteiger partial charge in [0.05, 0.1) is 0 Å². The van der Waals surface area contributed by atoms with Crippen LogP contribution in [0.2, 0.25) is 0 Å². The summed E-state index contributed by atoms with van der Waals surface area (Å²) in [5.41, 5.74) is 6.55. The first-order valence-corrected chi connectivity index (χ1v) is 6.92. The molecule has 2 nitrogen and oxygen atoms in total. The van der Waals surface area contributed by atoms with Crippen LogP contribution in [0, 0.1) is 5.41 Å². The fraction of sp³-hybridized carbons (Fsp3) is 1.00. The number of fused-ring (bicyclic) bond motifs is 2. The molecular formula is C14H28N2. The molecule has 2 N–H and O–H groups in total. The summed E-state index contributed by atoms with van der Waals surface area (Å²) in [5.74, 6) is 0. The molecule has 2 bridgehead atoms. The molecule has 0 amide bonds. The second-order valence-corrected chi connectivity index (χ2v) is 6.96. The van der Waals surface area contributed by atoms with Crippen LogP contribution in [-0.2, 0) is 0 Å². The first kappa shape index (κ1) is 12.4. The Labute approximate surface area is 101 Å². The lowest BCUT2D eigenvalue weighted by Gasteiger charge is -2.54. The van der Waals surface area contributed by atoms with Crippen LogP contribution in [0.3, 0.4) is 0 Å². The number of piperidine rings is 2. The fourth-order valence-electron chi connectivity index (χ4n) is 3.54. The predicted octanol–water partition coefficient (Wildman–Crippen LogP) is 2.77. The van der Waals surface area contributed by atoms with E-state index in [4.69, 9.17) is 5.73 Å². The summed E-state index contributed by atoms with van der Waals surface area (Å²) in [4.78, 5) is 2.80. The quantitative estimate of drug-likeness (QED) is 0.742. The summed E-state index contributed by atoms with van der Waals surface area (Å²) in [7, 11) is 0. The molecule has 0 saturated carbocycles. The maximum absolute atomic E-state index is 6.17. The van der Waals surface area contributed by atoms with Gasteiger partial charge in [-0.25, -0.2) is 0 Å². The van der Waals surface area contributed by atoms with E-state index >= 15 is 0 Å². The van der Waals surface area contributed by atoms with Gasteiger partial charge in [0.2, 0.25) is 0 Å². The molecule has 0 aliphatic carbocycles. The molecule has 2 rings (SSSR count). The Morgan fingerprint density at radius 2 is 1.62 bits per heavy atom. The van der Waals surface area contributed by atoms with Crippen LogP contribution in [0.25, 0.3) is 0 Å². The van der Waals surface area contributed by atoms with Crippen molar-refractivity contribution in [1.29, 1.82) is 0 Å². The lowest BCUT2D eigenvalue weighted by atomic mass is 9.77. The van der Waals surface area contributed by atoms with Crippen LogP contribution in [0.1, 0.15) is 59.8 Å². The highest BCUT2D eigenvalue weighted by Crippen LogP contribution is 2.39. The zero-order valence-corrected chi connectivity index (χ0v) is 11.4. The second kappa shape index (κ2) is 4.30. The fourth-order valence-corrected chi connectivity index (χ4v) is 3.54. The van der Waals surface area contributed by atoms with E-state index in [9.17, 15) is 0 Å². The molecule has 2 heteroatoms. The third kappa shape index (κ3) is 2.28. The number of hydrogen-bond donors (Lipinski definition) is 1. The number of nitrogens with two attached hydrogens (primary N) is 1. The average molecular weight is 224 g/mol. The van der Waals surface area contributed by atoms with Crippen LogP contribution >= 0.6 is 0 Å². The Kier molecular flexibility index (Phi) is 3.33. The Morgan fingerprint density at radius 3 is 2.06 bits per heavy atom. The number of nitrogens with zero attached hydrogens (tertiary/aromatic N) is 1. The van der Waals surface area contributed by atoms with Gasteiger partial charge in [-0.1, -0.05) is 27.2 Å². The van der Waals surface area contributed by atoms with Crippen molar-refractivity contribution in [2.75, 3.05) is 0 Å². The van der Waals surface area contributed by atoms with Gasteiger partial charge in [-0.15, -0.1) is 0 Å². The van der Waals surface area contributed by atoms with Gasteiger partial charge in [-0.3, -0.25) is 4.90 Å². The van der Waals surface area contributed by atoms with Crippen molar-refractivity contribution >= 4 is 0 Å². The average Bonchev–Trinajstić information content (AvgIpc) is 2.13. The van der Waals surface area contributed by atoms with E-state index < -0.39 is 0 Å². The van der Waals surface area contributed by atoms with Gasteiger partial charge in [0.1, 0.15) is 0 Å². The van der Waals surface area contributed by atoms with E-state index in [1.807, 2.05) is 0 Å². The molecule has 0 spiro atoms. The van der Waals surface area contributed by atoms with Crippen LogP contribution in [-0.4, -0.2) is 29.1 Å². The molecule has 0 aromatic carbocycles. The maximum Gasteiger partial charge on any atom is 0.0121 e. The zero-order chi connectivity index (χ0) is 11.9. The highest BCUT2D eigenvalue weighted by Gasteiger charge is 2.42. The van der Waals surface area contributed by atoms with Crippen molar-refractivity contribution in [1.82, 2.24) is 4.90 Å². The molecule has 2 aliphatic heterocycles. The molecule has 0 radical (unpaired) electrons. The topological polar surface area (TPSA) is 29.3 Å². The normalized spacial score (nSPS) is 38.4. The van der Waals surface area contributed by atoms with Crippen LogP contribution in [0.4, 0.5) is 0 Å². The molecule has 0 aromatic rings. The van der Waals surface area contributed by atoms with Crippen molar-refractivity contribution in [2.24, 2.45) is 11.1 Å². The standard InChI is InChI=1S/C14H28N2/c1-10(14(2,3)4)16-12-6-5-7-13(16)9-11(15)8-12/h10-13H,5-9,15H2,1-4H3. The largest absolute Gasteiger partial charge is 0.328 e. The van der Waals surface area contributed by atoms with Crippen molar-refractivity contribution in [3.05, 3.63) is 0 Å². The molecule has 94 valence electrons. The predicted molar refractivity (Wildman–Crippen MR) is 69.4 cm³/mol. The molecule has 2 heterocycles. The lowest BCUT2D eigenvalue weighted by molar-refractivity contribution is -0.0347. The van der Waals surface area contributed by atoms with E-state index in [1.54, 1.807) is 0 Å². The van der Waals surface area contributed by atoms with Gasteiger partial charge in [0.15, 0.2) is 0 Å². The van der Waals surface area contributed by atoms with Gasteiger partial charge in [-0.05, 0) is 38.0 Å². The van der Waals surface area contributed by atoms with Crippen LogP contribution < -0.4 is 5.73 Å². The van der Waals surface area contributed by atoms with Gasteiger partial charge < -0.3 is 5.73 Å². The number of rotatable bonds is 1. The molecule has 3 atom stereocenters. The summed E-state index contributed by atoms with van der Waals surface area (Å²) in [6.45, 7) is 9.49. The first-order chi connectivity index (χ1) is 7.39. The maximum atomic E-state index is 6.17. The van der Waals surface area contributed by atoms with Gasteiger partial charge in [-0.2, -0.15) is 0 Å². The van der Waals surface area contributed by atoms with Gasteiger partial charge in [0, 0.05) is 24.2 Å². The smallest absolute Gasteiger partial charge is 0.0121 e. The monoisotopic (exact) mass is 224 g/mol. The summed E-state index contributed by atoms with van der Waals surface area (Å²) in [6, 6.07) is 2.66. The third-order valence-electron chi connectivity index (χ3n) is 4.77. The summed E-state index contributed by atoms with van der Waals surface area (Å²) in [6.07, 6.45) is 6.58. The molecule has 0 aromatic heterocycles. The van der Waals surface area contributed by atoms with Gasteiger partial charge in [0.25, 0.3) is 0 Å². The molecule has 2 aliphatic rings. The van der Waals surface area contributed by atoms with Crippen LogP contribution in [0.5, 0.6) is 0 Å². The Balaban J connectivity index is 2.14. The Morgan fingerprint density at radius 1 is 1.12 bits per heavy atom. The van der Waals surface area contributed by atoms with Crippen molar-refractivity contribution in [3.63, 3.8) is 0 Å². The summed E-state index contributed by atoms with van der Waals surface area (Å²) < 4.78 is 0. The van der Waals surface area contributed by atoms with Gasteiger partial charge >= 0.3 is 0 Å². The third-order valence-corrected chi connectivity index (χ3v) is 4.77. The highest BCUT2D eigenvalue weighted by atomic mass is 15.2. The molecular weight excluding hydrogens is 196 g/mol. The summed E-state index contributed by atoms with van der Waals surface area (Å²) in [5, 5.41) is 0. The second-order valence-electron chi connectivity index (χ2n) is 6.96. The van der Waals surface area contributed by atoms with E-state index in [0.717, 1.165) is 12.1 Å². The number of hydrogen-bond acceptors (Lipinski definition) is 2. The van der Waals surface area contributed by atoms with Crippen molar-refractivity contribution in [3.8, 4) is 0 Å². The zero-order valence-electron chi connectivity index (χ0n) is 11.4. The molecule has 3 unspecified atom stereocenters. The Hall–Kier alpha value is -0.0800. The minimum absolute atomic E-state index is 0.384. The summed E-state index contributed by atoms with van der Waals surface area (Å²) >= 11 is 0. The van der Waals surface area contributed by atoms with Crippen molar-refractivity contribution in [2.45, 2.75) is 84.0 Å². The highest BCUT2D eigenvalue weighted by molar-refractivity contribution is 4.98. The van der Waals surface area contributed by atoms with E-state index in [1.165, 1.54) is 32.1 Å². The van der Waals surface area contributed by atoms with E-state index in [-0.39, 0.29) is 0 Å². The van der Waals surface area contributed by atoms with E-state index in [0.29, 0.717) is 17.5 Å². The molecule has 2 fully saturated rings. The SMILES string of the molecule is CC(N1C2CCCC1CC(N)C2)C(C)(C)C. The minimum Gasteiger partial charge on any atom is -0.328 e. The molecule has 2 saturated heterocycles. The Bertz CT molecular complexity index is 230. The van der Waals surface area contributed by atoms with Crippen molar-refractivity contribution < 1.29 is 0 Å². The molecule has 16 heavy (non-hydrogen) atoms.